The van der Waals surface area contributed by atoms with E-state index in [1.807, 2.05) is 6.08 Å². The molecule has 0 bridgehead atoms. The molecular weight excluding hydrogens is 176 g/mol. The summed E-state index contributed by atoms with van der Waals surface area (Å²) in [4.78, 5) is 15.9. The maximum atomic E-state index is 11.1. The molecule has 1 aliphatic heterocycles. The van der Waals surface area contributed by atoms with Crippen LogP contribution < -0.4 is 0 Å². The second-order valence-corrected chi connectivity index (χ2v) is 4.25. The summed E-state index contributed by atoms with van der Waals surface area (Å²) in [6.07, 6.45) is 4.73. The molecule has 78 valence electrons. The molecule has 1 aliphatic carbocycles. The molecule has 0 radical (unpaired) electrons. The van der Waals surface area contributed by atoms with Gasteiger partial charge in [-0.05, 0) is 26.4 Å². The van der Waals surface area contributed by atoms with Crippen molar-refractivity contribution in [2.75, 3.05) is 33.2 Å². The average molecular weight is 194 g/mol. The summed E-state index contributed by atoms with van der Waals surface area (Å²) in [6.45, 7) is 4.49. The van der Waals surface area contributed by atoms with Gasteiger partial charge in [-0.25, -0.2) is 0 Å². The van der Waals surface area contributed by atoms with Crippen LogP contribution in [0.5, 0.6) is 0 Å². The Labute approximate surface area is 85.4 Å². The van der Waals surface area contributed by atoms with E-state index in [1.165, 1.54) is 18.7 Å². The van der Waals surface area contributed by atoms with Crippen LogP contribution in [-0.4, -0.2) is 48.8 Å². The van der Waals surface area contributed by atoms with Crippen LogP contribution in [0.2, 0.25) is 0 Å². The molecule has 14 heavy (non-hydrogen) atoms. The van der Waals surface area contributed by atoms with Gasteiger partial charge in [-0.1, -0.05) is 0 Å². The zero-order valence-corrected chi connectivity index (χ0v) is 8.83. The van der Waals surface area contributed by atoms with E-state index in [1.54, 1.807) is 0 Å². The first-order valence-electron chi connectivity index (χ1n) is 5.42. The lowest BCUT2D eigenvalue weighted by atomic mass is 10.3. The van der Waals surface area contributed by atoms with E-state index in [9.17, 15) is 4.79 Å². The van der Waals surface area contributed by atoms with Crippen LogP contribution in [0, 0.1) is 0 Å². The molecule has 2 aliphatic rings. The number of likely N-dealkylation sites (N-methyl/N-ethyl adjacent to an activating group) is 1. The fraction of sp³-hybridized carbons (Fsp3) is 0.727. The molecule has 2 rings (SSSR count). The Balaban J connectivity index is 1.97. The summed E-state index contributed by atoms with van der Waals surface area (Å²) in [5.41, 5.74) is 1.27. The minimum Gasteiger partial charge on any atom is -0.373 e. The molecule has 0 spiro atoms. The number of nitrogens with zero attached hydrogens (tertiary/aromatic N) is 2. The van der Waals surface area contributed by atoms with Gasteiger partial charge in [-0.15, -0.1) is 0 Å². The van der Waals surface area contributed by atoms with Gasteiger partial charge in [0.1, 0.15) is 0 Å². The number of rotatable bonds is 1. The normalized spacial score (nSPS) is 25.1. The van der Waals surface area contributed by atoms with E-state index in [-0.39, 0.29) is 0 Å². The minimum atomic E-state index is 0.303. The van der Waals surface area contributed by atoms with Gasteiger partial charge < -0.3 is 9.80 Å². The van der Waals surface area contributed by atoms with E-state index in [4.69, 9.17) is 0 Å². The molecule has 0 aromatic heterocycles. The van der Waals surface area contributed by atoms with E-state index in [2.05, 4.69) is 16.8 Å². The Bertz CT molecular complexity index is 260. The molecule has 1 fully saturated rings. The third-order valence-electron chi connectivity index (χ3n) is 3.08. The van der Waals surface area contributed by atoms with Crippen molar-refractivity contribution in [2.24, 2.45) is 0 Å². The zero-order chi connectivity index (χ0) is 9.97. The van der Waals surface area contributed by atoms with Crippen LogP contribution in [0.4, 0.5) is 0 Å². The summed E-state index contributed by atoms with van der Waals surface area (Å²) in [5.74, 6) is 0.303. The van der Waals surface area contributed by atoms with Gasteiger partial charge in [-0.2, -0.15) is 0 Å². The van der Waals surface area contributed by atoms with Crippen LogP contribution in [-0.2, 0) is 4.79 Å². The van der Waals surface area contributed by atoms with Crippen molar-refractivity contribution >= 4 is 5.78 Å². The molecule has 1 heterocycles. The van der Waals surface area contributed by atoms with Crippen LogP contribution in [0.15, 0.2) is 11.8 Å². The van der Waals surface area contributed by atoms with Crippen LogP contribution >= 0.6 is 0 Å². The van der Waals surface area contributed by atoms with Crippen molar-refractivity contribution < 1.29 is 4.79 Å². The van der Waals surface area contributed by atoms with Crippen molar-refractivity contribution in [3.8, 4) is 0 Å². The standard InChI is InChI=1S/C11H18N2O/c1-12-5-2-6-13(8-7-12)10-3-4-11(14)9-10/h9H,2-8H2,1H3. The molecule has 0 atom stereocenters. The van der Waals surface area contributed by atoms with Crippen LogP contribution in [0.3, 0.4) is 0 Å². The van der Waals surface area contributed by atoms with Crippen molar-refractivity contribution in [3.63, 3.8) is 0 Å². The van der Waals surface area contributed by atoms with Crippen LogP contribution in [0.1, 0.15) is 19.3 Å². The molecule has 0 unspecified atom stereocenters. The molecule has 0 aromatic carbocycles. The lowest BCUT2D eigenvalue weighted by Gasteiger charge is -2.23. The second kappa shape index (κ2) is 4.13. The van der Waals surface area contributed by atoms with Gasteiger partial charge in [-0.3, -0.25) is 4.79 Å². The smallest absolute Gasteiger partial charge is 0.157 e. The summed E-state index contributed by atoms with van der Waals surface area (Å²) in [6, 6.07) is 0. The highest BCUT2D eigenvalue weighted by Gasteiger charge is 2.19. The van der Waals surface area contributed by atoms with Gasteiger partial charge in [0.25, 0.3) is 0 Å². The first kappa shape index (κ1) is 9.71. The highest BCUT2D eigenvalue weighted by molar-refractivity contribution is 5.92. The maximum Gasteiger partial charge on any atom is 0.157 e. The molecular formula is C11H18N2O. The Hall–Kier alpha value is -0.830. The maximum absolute atomic E-state index is 11.1. The molecule has 0 N–H and O–H groups in total. The fourth-order valence-corrected chi connectivity index (χ4v) is 2.16. The lowest BCUT2D eigenvalue weighted by molar-refractivity contribution is -0.114. The first-order chi connectivity index (χ1) is 6.75. The Morgan fingerprint density at radius 2 is 2.00 bits per heavy atom. The fourth-order valence-electron chi connectivity index (χ4n) is 2.16. The highest BCUT2D eigenvalue weighted by Crippen LogP contribution is 2.20. The van der Waals surface area contributed by atoms with E-state index >= 15 is 0 Å². The first-order valence-corrected chi connectivity index (χ1v) is 5.42. The molecule has 1 saturated heterocycles. The second-order valence-electron chi connectivity index (χ2n) is 4.25. The van der Waals surface area contributed by atoms with E-state index in [0.29, 0.717) is 5.78 Å². The Morgan fingerprint density at radius 1 is 1.14 bits per heavy atom. The average Bonchev–Trinajstić information content (AvgIpc) is 2.46. The molecule has 3 nitrogen and oxygen atoms in total. The molecule has 0 amide bonds. The quantitative estimate of drug-likeness (QED) is 0.619. The number of hydrogen-bond donors (Lipinski definition) is 0. The monoisotopic (exact) mass is 194 g/mol. The third kappa shape index (κ3) is 2.15. The SMILES string of the molecule is CN1CCCN(C2=CC(=O)CC2)CC1. The Morgan fingerprint density at radius 3 is 2.71 bits per heavy atom. The summed E-state index contributed by atoms with van der Waals surface area (Å²) < 4.78 is 0. The van der Waals surface area contributed by atoms with Gasteiger partial charge in [0.2, 0.25) is 0 Å². The topological polar surface area (TPSA) is 23.6 Å². The minimum absolute atomic E-state index is 0.303. The van der Waals surface area contributed by atoms with Crippen molar-refractivity contribution in [2.45, 2.75) is 19.3 Å². The summed E-state index contributed by atoms with van der Waals surface area (Å²) in [5, 5.41) is 0. The molecule has 0 aromatic rings. The molecule has 3 heteroatoms. The summed E-state index contributed by atoms with van der Waals surface area (Å²) in [7, 11) is 2.16. The van der Waals surface area contributed by atoms with E-state index < -0.39 is 0 Å². The van der Waals surface area contributed by atoms with Crippen molar-refractivity contribution in [3.05, 3.63) is 11.8 Å². The van der Waals surface area contributed by atoms with Crippen molar-refractivity contribution in [1.29, 1.82) is 0 Å². The predicted molar refractivity (Wildman–Crippen MR) is 56.0 cm³/mol. The van der Waals surface area contributed by atoms with Gasteiger partial charge in [0.15, 0.2) is 5.78 Å². The summed E-state index contributed by atoms with van der Waals surface area (Å²) >= 11 is 0. The number of carbonyl (C=O) groups is 1. The van der Waals surface area contributed by atoms with Gasteiger partial charge in [0, 0.05) is 37.8 Å². The Kier molecular flexibility index (Phi) is 2.87. The van der Waals surface area contributed by atoms with Gasteiger partial charge >= 0.3 is 0 Å². The third-order valence-corrected chi connectivity index (χ3v) is 3.08. The number of carbonyl (C=O) groups excluding carboxylic acids is 1. The number of allylic oxidation sites excluding steroid dienone is 2. The number of ketones is 1. The van der Waals surface area contributed by atoms with Crippen molar-refractivity contribution in [1.82, 2.24) is 9.80 Å². The zero-order valence-electron chi connectivity index (χ0n) is 8.83. The molecule has 0 saturated carbocycles. The van der Waals surface area contributed by atoms with Crippen LogP contribution in [0.25, 0.3) is 0 Å². The predicted octanol–water partition coefficient (Wildman–Crippen LogP) is 0.871. The number of hydrogen-bond acceptors (Lipinski definition) is 3. The largest absolute Gasteiger partial charge is 0.373 e. The highest BCUT2D eigenvalue weighted by atomic mass is 16.1. The lowest BCUT2D eigenvalue weighted by Crippen LogP contribution is -2.27. The van der Waals surface area contributed by atoms with E-state index in [0.717, 1.165) is 32.5 Å². The van der Waals surface area contributed by atoms with Gasteiger partial charge in [0.05, 0.1) is 0 Å².